The maximum atomic E-state index is 13.3. The third-order valence-corrected chi connectivity index (χ3v) is 5.35. The van der Waals surface area contributed by atoms with Crippen LogP contribution in [0.1, 0.15) is 17.9 Å². The normalized spacial score (nSPS) is 24.6. The van der Waals surface area contributed by atoms with Crippen LogP contribution in [0.4, 0.5) is 4.79 Å². The fourth-order valence-electron chi connectivity index (χ4n) is 3.98. The van der Waals surface area contributed by atoms with Crippen molar-refractivity contribution in [2.24, 2.45) is 0 Å². The second-order valence-corrected chi connectivity index (χ2v) is 7.08. The second kappa shape index (κ2) is 7.67. The second-order valence-electron chi connectivity index (χ2n) is 7.08. The van der Waals surface area contributed by atoms with E-state index in [1.807, 2.05) is 24.1 Å². The summed E-state index contributed by atoms with van der Waals surface area (Å²) >= 11 is 0. The summed E-state index contributed by atoms with van der Waals surface area (Å²) in [4.78, 5) is 40.4. The number of nitrogens with zero attached hydrogens (tertiary/aromatic N) is 2. The SMILES string of the molecule is COC(=O)CCN1C(=O)N[C@]2(CN(C)C[C@H]2c2cc(OC)cc(OC)c2)C1=O. The van der Waals surface area contributed by atoms with E-state index in [1.54, 1.807) is 20.3 Å². The highest BCUT2D eigenvalue weighted by Crippen LogP contribution is 2.41. The molecule has 2 aliphatic heterocycles. The number of likely N-dealkylation sites (N-methyl/N-ethyl adjacent to an activating group) is 1. The summed E-state index contributed by atoms with van der Waals surface area (Å²) < 4.78 is 15.3. The van der Waals surface area contributed by atoms with E-state index in [0.717, 1.165) is 10.5 Å². The van der Waals surface area contributed by atoms with E-state index in [-0.39, 0.29) is 24.8 Å². The topological polar surface area (TPSA) is 97.4 Å². The van der Waals surface area contributed by atoms with Crippen LogP contribution in [0.5, 0.6) is 11.5 Å². The van der Waals surface area contributed by atoms with Crippen molar-refractivity contribution >= 4 is 17.9 Å². The number of hydrogen-bond acceptors (Lipinski definition) is 7. The lowest BCUT2D eigenvalue weighted by molar-refractivity contribution is -0.141. The van der Waals surface area contributed by atoms with Crippen molar-refractivity contribution in [1.29, 1.82) is 0 Å². The predicted octanol–water partition coefficient (Wildman–Crippen LogP) is 0.587. The highest BCUT2D eigenvalue weighted by atomic mass is 16.5. The number of carbonyl (C=O) groups excluding carboxylic acids is 3. The van der Waals surface area contributed by atoms with Crippen LogP contribution in [0.2, 0.25) is 0 Å². The maximum Gasteiger partial charge on any atom is 0.325 e. The number of methoxy groups -OCH3 is 3. The van der Waals surface area contributed by atoms with Crippen LogP contribution in [0.15, 0.2) is 18.2 Å². The largest absolute Gasteiger partial charge is 0.497 e. The summed E-state index contributed by atoms with van der Waals surface area (Å²) in [5, 5.41) is 2.89. The molecule has 0 aromatic heterocycles. The van der Waals surface area contributed by atoms with Gasteiger partial charge in [0.2, 0.25) is 0 Å². The summed E-state index contributed by atoms with van der Waals surface area (Å²) in [6.07, 6.45) is -0.0424. The summed E-state index contributed by atoms with van der Waals surface area (Å²) in [7, 11) is 6.29. The minimum absolute atomic E-state index is 0.0169. The van der Waals surface area contributed by atoms with E-state index in [4.69, 9.17) is 9.47 Å². The van der Waals surface area contributed by atoms with Crippen molar-refractivity contribution in [3.8, 4) is 11.5 Å². The summed E-state index contributed by atoms with van der Waals surface area (Å²) in [6, 6.07) is 4.96. The molecule has 2 heterocycles. The molecule has 9 nitrogen and oxygen atoms in total. The first-order valence-electron chi connectivity index (χ1n) is 8.97. The minimum atomic E-state index is -1.10. The van der Waals surface area contributed by atoms with Crippen molar-refractivity contribution in [2.45, 2.75) is 17.9 Å². The zero-order valence-corrected chi connectivity index (χ0v) is 16.5. The Labute approximate surface area is 163 Å². The Morgan fingerprint density at radius 2 is 1.82 bits per heavy atom. The van der Waals surface area contributed by atoms with Crippen molar-refractivity contribution in [3.63, 3.8) is 0 Å². The number of amides is 3. The molecule has 28 heavy (non-hydrogen) atoms. The molecule has 0 saturated carbocycles. The lowest BCUT2D eigenvalue weighted by atomic mass is 9.81. The predicted molar refractivity (Wildman–Crippen MR) is 99.4 cm³/mol. The van der Waals surface area contributed by atoms with Gasteiger partial charge in [-0.05, 0) is 24.7 Å². The van der Waals surface area contributed by atoms with Crippen LogP contribution < -0.4 is 14.8 Å². The van der Waals surface area contributed by atoms with Crippen molar-refractivity contribution in [1.82, 2.24) is 15.1 Å². The Morgan fingerprint density at radius 1 is 1.18 bits per heavy atom. The Kier molecular flexibility index (Phi) is 5.46. The summed E-state index contributed by atoms with van der Waals surface area (Å²) in [5.41, 5.74) is -0.261. The molecule has 3 rings (SSSR count). The summed E-state index contributed by atoms with van der Waals surface area (Å²) in [5.74, 6) is 0.120. The number of hydrogen-bond donors (Lipinski definition) is 1. The molecule has 0 bridgehead atoms. The number of rotatable bonds is 6. The van der Waals surface area contributed by atoms with Crippen LogP contribution in [0, 0.1) is 0 Å². The van der Waals surface area contributed by atoms with Gasteiger partial charge >= 0.3 is 12.0 Å². The van der Waals surface area contributed by atoms with Crippen molar-refractivity contribution in [2.75, 3.05) is 48.0 Å². The smallest absolute Gasteiger partial charge is 0.325 e. The molecule has 0 radical (unpaired) electrons. The third kappa shape index (κ3) is 3.37. The molecule has 1 aromatic rings. The molecule has 1 spiro atoms. The van der Waals surface area contributed by atoms with Crippen molar-refractivity contribution in [3.05, 3.63) is 23.8 Å². The number of urea groups is 1. The van der Waals surface area contributed by atoms with Gasteiger partial charge in [0.25, 0.3) is 5.91 Å². The van der Waals surface area contributed by atoms with Crippen molar-refractivity contribution < 1.29 is 28.6 Å². The molecule has 0 aliphatic carbocycles. The van der Waals surface area contributed by atoms with Gasteiger partial charge in [0.1, 0.15) is 17.0 Å². The van der Waals surface area contributed by atoms with E-state index in [1.165, 1.54) is 7.11 Å². The molecular formula is C19H25N3O6. The molecular weight excluding hydrogens is 366 g/mol. The number of carbonyl (C=O) groups is 3. The number of nitrogens with one attached hydrogen (secondary N) is 1. The quantitative estimate of drug-likeness (QED) is 0.560. The molecule has 2 saturated heterocycles. The Morgan fingerprint density at radius 3 is 2.39 bits per heavy atom. The number of ether oxygens (including phenoxy) is 3. The number of imide groups is 1. The average molecular weight is 391 g/mol. The van der Waals surface area contributed by atoms with Gasteiger partial charge in [-0.25, -0.2) is 4.79 Å². The van der Waals surface area contributed by atoms with Crippen LogP contribution in [0.3, 0.4) is 0 Å². The minimum Gasteiger partial charge on any atom is -0.497 e. The molecule has 9 heteroatoms. The zero-order chi connectivity index (χ0) is 20.5. The number of esters is 1. The van der Waals surface area contributed by atoms with E-state index < -0.39 is 17.5 Å². The fraction of sp³-hybridized carbons (Fsp3) is 0.526. The van der Waals surface area contributed by atoms with E-state index in [9.17, 15) is 14.4 Å². The van der Waals surface area contributed by atoms with Gasteiger partial charge in [0.15, 0.2) is 0 Å². The van der Waals surface area contributed by atoms with Gasteiger partial charge in [0.05, 0.1) is 27.8 Å². The molecule has 2 aliphatic rings. The first kappa shape index (κ1) is 19.9. The third-order valence-electron chi connectivity index (χ3n) is 5.35. The van der Waals surface area contributed by atoms with Gasteiger partial charge in [0, 0.05) is 31.6 Å². The molecule has 2 fully saturated rings. The van der Waals surface area contributed by atoms with Gasteiger partial charge in [-0.1, -0.05) is 0 Å². The zero-order valence-electron chi connectivity index (χ0n) is 16.5. The van der Waals surface area contributed by atoms with Crippen LogP contribution in [-0.2, 0) is 14.3 Å². The standard InChI is InChI=1S/C19H25N3O6/c1-21-10-15(12-7-13(26-2)9-14(8-12)27-3)19(11-21)17(24)22(18(25)20-19)6-5-16(23)28-4/h7-9,15H,5-6,10-11H2,1-4H3,(H,20,25)/t15-,19-/m0/s1. The fourth-order valence-corrected chi connectivity index (χ4v) is 3.98. The molecule has 2 atom stereocenters. The highest BCUT2D eigenvalue weighted by Gasteiger charge is 2.59. The van der Waals surface area contributed by atoms with Gasteiger partial charge in [-0.15, -0.1) is 0 Å². The van der Waals surface area contributed by atoms with Gasteiger partial charge in [-0.3, -0.25) is 14.5 Å². The maximum absolute atomic E-state index is 13.3. The van der Waals surface area contributed by atoms with E-state index in [0.29, 0.717) is 24.6 Å². The molecule has 1 N–H and O–H groups in total. The number of benzene rings is 1. The van der Waals surface area contributed by atoms with Crippen LogP contribution >= 0.6 is 0 Å². The average Bonchev–Trinajstić information content (AvgIpc) is 3.15. The lowest BCUT2D eigenvalue weighted by Gasteiger charge is -2.28. The first-order valence-corrected chi connectivity index (χ1v) is 8.97. The van der Waals surface area contributed by atoms with E-state index >= 15 is 0 Å². The highest BCUT2D eigenvalue weighted by molar-refractivity contribution is 6.08. The monoisotopic (exact) mass is 391 g/mol. The first-order chi connectivity index (χ1) is 13.3. The lowest BCUT2D eigenvalue weighted by Crippen LogP contribution is -2.52. The molecule has 0 unspecified atom stereocenters. The molecule has 3 amide bonds. The summed E-state index contributed by atoms with van der Waals surface area (Å²) in [6.45, 7) is 0.931. The Bertz CT molecular complexity index is 776. The Balaban J connectivity index is 1.94. The Hall–Kier alpha value is -2.81. The van der Waals surface area contributed by atoms with Crippen LogP contribution in [0.25, 0.3) is 0 Å². The number of likely N-dealkylation sites (tertiary alicyclic amines) is 1. The van der Waals surface area contributed by atoms with E-state index in [2.05, 4.69) is 10.1 Å². The molecule has 1 aromatic carbocycles. The van der Waals surface area contributed by atoms with Gasteiger partial charge in [-0.2, -0.15) is 0 Å². The molecule has 152 valence electrons. The van der Waals surface area contributed by atoms with Gasteiger partial charge < -0.3 is 24.4 Å². The van der Waals surface area contributed by atoms with Crippen LogP contribution in [-0.4, -0.2) is 81.3 Å².